The second kappa shape index (κ2) is 9.78. The predicted molar refractivity (Wildman–Crippen MR) is 149 cm³/mol. The fourth-order valence-electron chi connectivity index (χ4n) is 6.36. The summed E-state index contributed by atoms with van der Waals surface area (Å²) in [6.07, 6.45) is 9.40. The van der Waals surface area contributed by atoms with E-state index in [2.05, 4.69) is 21.4 Å². The van der Waals surface area contributed by atoms with Crippen molar-refractivity contribution in [2.75, 3.05) is 13.9 Å². The van der Waals surface area contributed by atoms with Crippen molar-refractivity contribution in [2.24, 2.45) is 0 Å². The van der Waals surface area contributed by atoms with Gasteiger partial charge >= 0.3 is 5.97 Å². The van der Waals surface area contributed by atoms with Crippen LogP contribution in [0.5, 0.6) is 0 Å². The highest BCUT2D eigenvalue weighted by molar-refractivity contribution is 5.92. The van der Waals surface area contributed by atoms with Crippen LogP contribution in [0.1, 0.15) is 16.8 Å². The first kappa shape index (κ1) is 24.8. The Bertz CT molecular complexity index is 1670. The molecule has 1 amide bonds. The fourth-order valence-corrected chi connectivity index (χ4v) is 6.36. The van der Waals surface area contributed by atoms with E-state index in [0.717, 1.165) is 38.6 Å². The number of carbonyl (C=O) groups excluding carboxylic acids is 2. The van der Waals surface area contributed by atoms with Crippen molar-refractivity contribution in [3.63, 3.8) is 0 Å². The van der Waals surface area contributed by atoms with Gasteiger partial charge in [0.15, 0.2) is 12.5 Å². The Hall–Kier alpha value is -4.18. The summed E-state index contributed by atoms with van der Waals surface area (Å²) in [4.78, 5) is 36.6. The minimum Gasteiger partial charge on any atom is -0.467 e. The molecule has 2 aromatic carbocycles. The number of nitrogens with zero attached hydrogens (tertiary/aromatic N) is 1. The highest BCUT2D eigenvalue weighted by atomic mass is 16.7. The highest BCUT2D eigenvalue weighted by Crippen LogP contribution is 2.39. The molecule has 2 aromatic heterocycles. The lowest BCUT2D eigenvalue weighted by Crippen LogP contribution is -2.66. The molecule has 0 spiro atoms. The van der Waals surface area contributed by atoms with E-state index >= 15 is 0 Å². The third kappa shape index (κ3) is 3.89. The fraction of sp³-hybridized carbons (Fsp3) is 0.290. The van der Waals surface area contributed by atoms with Crippen molar-refractivity contribution in [2.45, 2.75) is 43.3 Å². The number of esters is 1. The molecule has 1 fully saturated rings. The van der Waals surface area contributed by atoms with E-state index in [1.807, 2.05) is 73.0 Å². The normalized spacial score (nSPS) is 24.1. The number of hydrogen-bond donors (Lipinski definition) is 3. The number of methoxy groups -OCH3 is 1. The summed E-state index contributed by atoms with van der Waals surface area (Å²) in [5.41, 5.74) is 3.78. The van der Waals surface area contributed by atoms with E-state index in [1.165, 1.54) is 7.11 Å². The van der Waals surface area contributed by atoms with Gasteiger partial charge in [-0.2, -0.15) is 0 Å². The van der Waals surface area contributed by atoms with Gasteiger partial charge in [-0.25, -0.2) is 4.79 Å². The number of aromatic amines is 2. The molecule has 2 aliphatic heterocycles. The monoisotopic (exact) mass is 538 g/mol. The zero-order valence-electron chi connectivity index (χ0n) is 22.1. The number of hydrogen-bond acceptors (Lipinski definition) is 6. The molecule has 1 unspecified atom stereocenters. The van der Waals surface area contributed by atoms with Gasteiger partial charge in [-0.1, -0.05) is 54.6 Å². The lowest BCUT2D eigenvalue weighted by atomic mass is 9.91. The SMILES string of the molecule is COC(=O)[C@H](Cc1c[nH]c2ccccc12)N(C(=O)[C@@H]1Cc2c([nH]c3ccccc23)CN1)[C@]12C=CC=CC1OCO2. The maximum absolute atomic E-state index is 14.7. The standard InChI is InChI=1S/C31H30N4O5/c1-38-30(37)27(14-19-16-32-23-10-4-2-8-20(19)23)35(31-13-7-6-12-28(31)39-18-40-31)29(36)25-15-22-21-9-3-5-11-24(21)34-26(22)17-33-25/h2-13,16,25,27-28,32-34H,14-15,17-18H2,1H3/t25-,27-,28?,31-/m0/s1. The van der Waals surface area contributed by atoms with Crippen molar-refractivity contribution in [3.05, 3.63) is 95.9 Å². The Balaban J connectivity index is 1.31. The molecule has 0 saturated carbocycles. The van der Waals surface area contributed by atoms with Crippen LogP contribution in [0, 0.1) is 0 Å². The number of ether oxygens (including phenoxy) is 3. The zero-order chi connectivity index (χ0) is 27.3. The van der Waals surface area contributed by atoms with Crippen LogP contribution < -0.4 is 5.32 Å². The Morgan fingerprint density at radius 1 is 1.10 bits per heavy atom. The van der Waals surface area contributed by atoms with Crippen molar-refractivity contribution in [1.29, 1.82) is 0 Å². The number of carbonyl (C=O) groups is 2. The molecule has 1 saturated heterocycles. The van der Waals surface area contributed by atoms with E-state index in [1.54, 1.807) is 4.90 Å². The van der Waals surface area contributed by atoms with Gasteiger partial charge in [0.05, 0.1) is 13.2 Å². The predicted octanol–water partition coefficient (Wildman–Crippen LogP) is 3.47. The molecule has 9 nitrogen and oxygen atoms in total. The molecule has 4 atom stereocenters. The molecule has 3 N–H and O–H groups in total. The van der Waals surface area contributed by atoms with Gasteiger partial charge in [-0.3, -0.25) is 15.0 Å². The molecule has 1 aliphatic carbocycles. The second-order valence-corrected chi connectivity index (χ2v) is 10.4. The van der Waals surface area contributed by atoms with Gasteiger partial charge in [0.2, 0.25) is 5.91 Å². The molecule has 7 rings (SSSR count). The van der Waals surface area contributed by atoms with Crippen LogP contribution >= 0.6 is 0 Å². The van der Waals surface area contributed by atoms with E-state index in [4.69, 9.17) is 14.2 Å². The molecule has 3 aliphatic rings. The number of rotatable bonds is 6. The minimum atomic E-state index is -1.29. The maximum atomic E-state index is 14.7. The lowest BCUT2D eigenvalue weighted by molar-refractivity contribution is -0.175. The number of nitrogens with one attached hydrogen (secondary N) is 3. The summed E-state index contributed by atoms with van der Waals surface area (Å²) in [6.45, 7) is 0.498. The Labute approximate surface area is 230 Å². The summed E-state index contributed by atoms with van der Waals surface area (Å²) in [6, 6.07) is 14.4. The quantitative estimate of drug-likeness (QED) is 0.325. The Kier molecular flexibility index (Phi) is 6.07. The topological polar surface area (TPSA) is 109 Å². The van der Waals surface area contributed by atoms with Crippen LogP contribution in [-0.2, 0) is 43.2 Å². The van der Waals surface area contributed by atoms with E-state index in [0.29, 0.717) is 13.0 Å². The lowest BCUT2D eigenvalue weighted by Gasteiger charge is -2.45. The number of benzene rings is 2. The molecule has 9 heteroatoms. The van der Waals surface area contributed by atoms with Crippen LogP contribution in [0.4, 0.5) is 0 Å². The third-order valence-electron chi connectivity index (χ3n) is 8.30. The highest BCUT2D eigenvalue weighted by Gasteiger charge is 2.55. The summed E-state index contributed by atoms with van der Waals surface area (Å²) in [7, 11) is 1.35. The molecular weight excluding hydrogens is 508 g/mol. The molecule has 0 bridgehead atoms. The zero-order valence-corrected chi connectivity index (χ0v) is 22.1. The summed E-state index contributed by atoms with van der Waals surface area (Å²) < 4.78 is 17.5. The van der Waals surface area contributed by atoms with Crippen LogP contribution in [0.3, 0.4) is 0 Å². The van der Waals surface area contributed by atoms with Crippen LogP contribution in [0.2, 0.25) is 0 Å². The number of para-hydroxylation sites is 2. The average Bonchev–Trinajstić information content (AvgIpc) is 3.71. The first-order valence-electron chi connectivity index (χ1n) is 13.5. The van der Waals surface area contributed by atoms with Gasteiger partial charge in [0, 0.05) is 46.7 Å². The maximum Gasteiger partial charge on any atom is 0.329 e. The van der Waals surface area contributed by atoms with Gasteiger partial charge < -0.3 is 24.2 Å². The molecule has 4 aromatic rings. The van der Waals surface area contributed by atoms with Gasteiger partial charge in [-0.05, 0) is 35.8 Å². The first-order valence-corrected chi connectivity index (χ1v) is 13.5. The van der Waals surface area contributed by atoms with Crippen molar-refractivity contribution in [3.8, 4) is 0 Å². The van der Waals surface area contributed by atoms with Crippen LogP contribution in [0.25, 0.3) is 21.8 Å². The first-order chi connectivity index (χ1) is 19.6. The summed E-state index contributed by atoms with van der Waals surface area (Å²) >= 11 is 0. The van der Waals surface area contributed by atoms with Gasteiger partial charge in [0.25, 0.3) is 0 Å². The Morgan fingerprint density at radius 2 is 1.90 bits per heavy atom. The Morgan fingerprint density at radius 3 is 2.75 bits per heavy atom. The molecule has 0 radical (unpaired) electrons. The number of amides is 1. The van der Waals surface area contributed by atoms with E-state index in [9.17, 15) is 9.59 Å². The van der Waals surface area contributed by atoms with Gasteiger partial charge in [0.1, 0.15) is 12.1 Å². The summed E-state index contributed by atoms with van der Waals surface area (Å²) in [5.74, 6) is -0.768. The summed E-state index contributed by atoms with van der Waals surface area (Å²) in [5, 5.41) is 5.50. The minimum absolute atomic E-state index is 0.00516. The third-order valence-corrected chi connectivity index (χ3v) is 8.30. The van der Waals surface area contributed by atoms with Crippen molar-refractivity contribution >= 4 is 33.7 Å². The van der Waals surface area contributed by atoms with Crippen LogP contribution in [0.15, 0.2) is 79.0 Å². The van der Waals surface area contributed by atoms with Gasteiger partial charge in [-0.15, -0.1) is 0 Å². The van der Waals surface area contributed by atoms with Crippen molar-refractivity contribution < 1.29 is 23.8 Å². The number of H-pyrrole nitrogens is 2. The van der Waals surface area contributed by atoms with Crippen molar-refractivity contribution in [1.82, 2.24) is 20.2 Å². The second-order valence-electron chi connectivity index (χ2n) is 10.4. The number of aromatic nitrogens is 2. The van der Waals surface area contributed by atoms with E-state index < -0.39 is 29.9 Å². The smallest absolute Gasteiger partial charge is 0.329 e. The number of allylic oxidation sites excluding steroid dienone is 2. The largest absolute Gasteiger partial charge is 0.467 e. The molecular formula is C31H30N4O5. The molecule has 40 heavy (non-hydrogen) atoms. The van der Waals surface area contributed by atoms with E-state index in [-0.39, 0.29) is 19.1 Å². The average molecular weight is 539 g/mol. The van der Waals surface area contributed by atoms with Crippen LogP contribution in [-0.4, -0.2) is 64.6 Å². The molecule has 4 heterocycles. The molecule has 204 valence electrons. The number of fused-ring (bicyclic) bond motifs is 5.